The number of thioether (sulfide) groups is 1. The normalized spacial score (nSPS) is 17.4. The molecule has 7 heteroatoms. The number of aromatic nitrogens is 4. The molecule has 1 aliphatic heterocycles. The largest absolute Gasteiger partial charge is 0.381 e. The van der Waals surface area contributed by atoms with Gasteiger partial charge in [-0.05, 0) is 19.8 Å². The van der Waals surface area contributed by atoms with E-state index in [1.807, 2.05) is 6.92 Å². The predicted molar refractivity (Wildman–Crippen MR) is 70.2 cm³/mol. The molecule has 1 fully saturated rings. The maximum Gasteiger partial charge on any atom is 0.254 e. The van der Waals surface area contributed by atoms with Crippen LogP contribution in [0, 0.1) is 6.92 Å². The van der Waals surface area contributed by atoms with Crippen LogP contribution >= 0.6 is 23.4 Å². The van der Waals surface area contributed by atoms with E-state index in [-0.39, 0.29) is 0 Å². The molecule has 0 spiro atoms. The summed E-state index contributed by atoms with van der Waals surface area (Å²) < 4.78 is 7.14. The molecule has 0 saturated carbocycles. The number of rotatable bonds is 2. The molecule has 2 aromatic heterocycles. The number of ether oxygens (including phenoxy) is 1. The highest BCUT2D eigenvalue weighted by atomic mass is 35.5. The third-order valence-electron chi connectivity index (χ3n) is 3.00. The minimum absolute atomic E-state index is 0.505. The van der Waals surface area contributed by atoms with Gasteiger partial charge in [-0.3, -0.25) is 0 Å². The second kappa shape index (κ2) is 5.03. The maximum atomic E-state index is 6.14. The second-order valence-electron chi connectivity index (χ2n) is 4.23. The van der Waals surface area contributed by atoms with Gasteiger partial charge in [-0.1, -0.05) is 11.6 Å². The topological polar surface area (TPSA) is 52.3 Å². The molecule has 1 aliphatic rings. The van der Waals surface area contributed by atoms with Crippen molar-refractivity contribution in [3.63, 3.8) is 0 Å². The van der Waals surface area contributed by atoms with Crippen LogP contribution in [-0.2, 0) is 4.74 Å². The van der Waals surface area contributed by atoms with Crippen molar-refractivity contribution in [1.82, 2.24) is 19.6 Å². The smallest absolute Gasteiger partial charge is 0.254 e. The van der Waals surface area contributed by atoms with Crippen LogP contribution in [0.1, 0.15) is 18.4 Å². The Morgan fingerprint density at radius 2 is 2.22 bits per heavy atom. The van der Waals surface area contributed by atoms with Crippen molar-refractivity contribution < 1.29 is 4.74 Å². The van der Waals surface area contributed by atoms with Crippen molar-refractivity contribution in [1.29, 1.82) is 0 Å². The molecular weight excluding hydrogens is 272 g/mol. The first-order chi connectivity index (χ1) is 8.75. The van der Waals surface area contributed by atoms with Gasteiger partial charge in [0, 0.05) is 24.0 Å². The summed E-state index contributed by atoms with van der Waals surface area (Å²) in [5, 5.41) is 6.30. The highest BCUT2D eigenvalue weighted by molar-refractivity contribution is 7.99. The Hall–Kier alpha value is -0.850. The predicted octanol–water partition coefficient (Wildman–Crippen LogP) is 2.36. The molecule has 0 radical (unpaired) electrons. The lowest BCUT2D eigenvalue weighted by molar-refractivity contribution is 0.1000. The summed E-state index contributed by atoms with van der Waals surface area (Å²) in [6.07, 6.45) is 3.62. The fourth-order valence-corrected chi connectivity index (χ4v) is 3.43. The Bertz CT molecular complexity index is 567. The maximum absolute atomic E-state index is 6.14. The lowest BCUT2D eigenvalue weighted by atomic mass is 10.2. The van der Waals surface area contributed by atoms with Gasteiger partial charge in [0.15, 0.2) is 0 Å². The van der Waals surface area contributed by atoms with Crippen molar-refractivity contribution >= 4 is 29.1 Å². The minimum atomic E-state index is 0.505. The summed E-state index contributed by atoms with van der Waals surface area (Å²) in [6.45, 7) is 3.63. The third kappa shape index (κ3) is 2.20. The van der Waals surface area contributed by atoms with E-state index in [1.54, 1.807) is 16.3 Å². The number of halogens is 1. The number of fused-ring (bicyclic) bond motifs is 1. The van der Waals surface area contributed by atoms with E-state index in [2.05, 4.69) is 15.1 Å². The fraction of sp³-hybridized carbons (Fsp3) is 0.545. The standard InChI is InChI=1S/C11H13ClN4OS/c1-7-9(12)15-11-13-6-14-16(11)10(7)18-8-2-4-17-5-3-8/h6,8H,2-5H2,1H3. The monoisotopic (exact) mass is 284 g/mol. The van der Waals surface area contributed by atoms with Gasteiger partial charge < -0.3 is 4.74 Å². The summed E-state index contributed by atoms with van der Waals surface area (Å²) >= 11 is 7.93. The van der Waals surface area contributed by atoms with Crippen LogP contribution in [0.25, 0.3) is 5.78 Å². The molecule has 5 nitrogen and oxygen atoms in total. The van der Waals surface area contributed by atoms with E-state index in [0.29, 0.717) is 16.2 Å². The lowest BCUT2D eigenvalue weighted by Crippen LogP contribution is -2.18. The van der Waals surface area contributed by atoms with Crippen LogP contribution in [-0.4, -0.2) is 38.0 Å². The highest BCUT2D eigenvalue weighted by Gasteiger charge is 2.20. The van der Waals surface area contributed by atoms with E-state index in [9.17, 15) is 0 Å². The third-order valence-corrected chi connectivity index (χ3v) is 4.87. The second-order valence-corrected chi connectivity index (χ2v) is 5.88. The van der Waals surface area contributed by atoms with Crippen molar-refractivity contribution in [3.05, 3.63) is 17.0 Å². The van der Waals surface area contributed by atoms with Crippen LogP contribution in [0.3, 0.4) is 0 Å². The molecule has 96 valence electrons. The van der Waals surface area contributed by atoms with E-state index in [4.69, 9.17) is 16.3 Å². The summed E-state index contributed by atoms with van der Waals surface area (Å²) in [4.78, 5) is 8.30. The van der Waals surface area contributed by atoms with Crippen LogP contribution in [0.4, 0.5) is 0 Å². The number of hydrogen-bond donors (Lipinski definition) is 0. The molecule has 0 aliphatic carbocycles. The zero-order valence-electron chi connectivity index (χ0n) is 9.97. The summed E-state index contributed by atoms with van der Waals surface area (Å²) in [6, 6.07) is 0. The quantitative estimate of drug-likeness (QED) is 0.793. The molecule has 1 saturated heterocycles. The van der Waals surface area contributed by atoms with Crippen LogP contribution < -0.4 is 0 Å². The van der Waals surface area contributed by atoms with Gasteiger partial charge in [-0.2, -0.15) is 19.6 Å². The first-order valence-corrected chi connectivity index (χ1v) is 7.11. The van der Waals surface area contributed by atoms with Gasteiger partial charge in [-0.15, -0.1) is 11.8 Å². The molecule has 3 rings (SSSR count). The molecule has 3 heterocycles. The molecule has 0 aromatic carbocycles. The van der Waals surface area contributed by atoms with Crippen molar-refractivity contribution in [2.75, 3.05) is 13.2 Å². The minimum Gasteiger partial charge on any atom is -0.381 e. The molecule has 18 heavy (non-hydrogen) atoms. The van der Waals surface area contributed by atoms with Gasteiger partial charge in [0.1, 0.15) is 16.5 Å². The zero-order valence-corrected chi connectivity index (χ0v) is 11.5. The van der Waals surface area contributed by atoms with Crippen LogP contribution in [0.2, 0.25) is 5.15 Å². The van der Waals surface area contributed by atoms with Crippen LogP contribution in [0.15, 0.2) is 11.4 Å². The van der Waals surface area contributed by atoms with E-state index >= 15 is 0 Å². The average molecular weight is 285 g/mol. The molecule has 2 aromatic rings. The summed E-state index contributed by atoms with van der Waals surface area (Å²) in [5.74, 6) is 0.556. The molecule has 0 bridgehead atoms. The van der Waals surface area contributed by atoms with Gasteiger partial charge in [-0.25, -0.2) is 0 Å². The molecule has 0 atom stereocenters. The lowest BCUT2D eigenvalue weighted by Gasteiger charge is -2.22. The Morgan fingerprint density at radius 1 is 1.44 bits per heavy atom. The molecule has 0 amide bonds. The van der Waals surface area contributed by atoms with Crippen molar-refractivity contribution in [3.8, 4) is 0 Å². The molecular formula is C11H13ClN4OS. The Morgan fingerprint density at radius 3 is 3.00 bits per heavy atom. The van der Waals surface area contributed by atoms with Gasteiger partial charge in [0.2, 0.25) is 0 Å². The van der Waals surface area contributed by atoms with Gasteiger partial charge >= 0.3 is 0 Å². The zero-order chi connectivity index (χ0) is 12.5. The van der Waals surface area contributed by atoms with Gasteiger partial charge in [0.25, 0.3) is 5.78 Å². The van der Waals surface area contributed by atoms with Crippen molar-refractivity contribution in [2.24, 2.45) is 0 Å². The van der Waals surface area contributed by atoms with E-state index in [1.165, 1.54) is 6.33 Å². The SMILES string of the molecule is Cc1c(Cl)nc2ncnn2c1SC1CCOCC1. The Kier molecular flexibility index (Phi) is 3.41. The summed E-state index contributed by atoms with van der Waals surface area (Å²) in [5.41, 5.74) is 0.964. The summed E-state index contributed by atoms with van der Waals surface area (Å²) in [7, 11) is 0. The van der Waals surface area contributed by atoms with Gasteiger partial charge in [0.05, 0.1) is 0 Å². The average Bonchev–Trinajstić information content (AvgIpc) is 2.84. The first kappa shape index (κ1) is 12.2. The number of hydrogen-bond acceptors (Lipinski definition) is 5. The van der Waals surface area contributed by atoms with E-state index < -0.39 is 0 Å². The molecule has 0 N–H and O–H groups in total. The van der Waals surface area contributed by atoms with Crippen molar-refractivity contribution in [2.45, 2.75) is 30.0 Å². The first-order valence-electron chi connectivity index (χ1n) is 5.86. The Balaban J connectivity index is 1.98. The fourth-order valence-electron chi connectivity index (χ4n) is 1.96. The number of nitrogens with zero attached hydrogens (tertiary/aromatic N) is 4. The highest BCUT2D eigenvalue weighted by Crippen LogP contribution is 2.33. The van der Waals surface area contributed by atoms with E-state index in [0.717, 1.165) is 36.6 Å². The van der Waals surface area contributed by atoms with Crippen LogP contribution in [0.5, 0.6) is 0 Å². The molecule has 0 unspecified atom stereocenters. The Labute approximate surface area is 114 Å².